The molecule has 80 heteroatoms. The van der Waals surface area contributed by atoms with Gasteiger partial charge in [0.1, 0.15) is 6.10 Å². The summed E-state index contributed by atoms with van der Waals surface area (Å²) in [6, 6.07) is -2.51. The normalized spacial score (nSPS) is 24.7. The van der Waals surface area contributed by atoms with E-state index in [9.17, 15) is 64.9 Å². The van der Waals surface area contributed by atoms with Crippen LogP contribution in [0.4, 0.5) is 0 Å². The largest absolute Gasteiger partial charge is 1.00 e. The van der Waals surface area contributed by atoms with Gasteiger partial charge in [-0.15, -0.1) is 0 Å². The molecule has 0 saturated carbocycles. The third-order valence-electron chi connectivity index (χ3n) is 8.02. The topological polar surface area (TPSA) is 944 Å². The Morgan fingerprint density at radius 2 is 0.664 bits per heavy atom. The van der Waals surface area contributed by atoms with Gasteiger partial charge in [-0.3, -0.25) is 46.7 Å². The van der Waals surface area contributed by atoms with E-state index in [4.69, 9.17) is 151 Å². The van der Waals surface area contributed by atoms with Crippen molar-refractivity contribution in [3.8, 4) is 0 Å². The molecule has 15 atom stereocenters. The first kappa shape index (κ1) is 158. The first-order valence-corrected chi connectivity index (χ1v) is 37.3. The number of nitrogens with zero attached hydrogens (tertiary/aromatic N) is 1. The molecule has 0 aromatic heterocycles. The van der Waals surface area contributed by atoms with Crippen LogP contribution in [0.15, 0.2) is 11.6 Å². The van der Waals surface area contributed by atoms with Crippen molar-refractivity contribution in [2.75, 3.05) is 6.61 Å². The molecular formula is C27H41NNa13O54S12-7. The fourth-order valence-electron chi connectivity index (χ4n) is 5.88. The predicted molar refractivity (Wildman–Crippen MR) is 264 cm³/mol. The van der Waals surface area contributed by atoms with Crippen LogP contribution in [0.3, 0.4) is 0 Å². The number of ether oxygens (including phenoxy) is 6. The van der Waals surface area contributed by atoms with E-state index in [0.717, 1.165) is 19.3 Å². The summed E-state index contributed by atoms with van der Waals surface area (Å²) in [5, 5.41) is 4.32. The average molecular weight is 1930 g/mol. The van der Waals surface area contributed by atoms with Crippen LogP contribution in [0.2, 0.25) is 0 Å². The van der Waals surface area contributed by atoms with Crippen LogP contribution in [0.5, 0.6) is 0 Å². The number of allylic oxidation sites excluding steroid dienone is 1. The Morgan fingerprint density at radius 1 is 0.393 bits per heavy atom. The quantitative estimate of drug-likeness (QED) is 0.0290. The molecule has 4 aliphatic rings. The minimum Gasteiger partial charge on any atom is -0.726 e. The molecule has 3 aliphatic heterocycles. The van der Waals surface area contributed by atoms with E-state index in [1.54, 1.807) is 0 Å². The van der Waals surface area contributed by atoms with Crippen molar-refractivity contribution in [1.29, 1.82) is 0 Å². The summed E-state index contributed by atoms with van der Waals surface area (Å²) in [6.45, 7) is 13.2. The Labute approximate surface area is 903 Å². The van der Waals surface area contributed by atoms with Gasteiger partial charge in [0.15, 0.2) is 25.0 Å². The van der Waals surface area contributed by atoms with Crippen molar-refractivity contribution in [3.05, 3.63) is 63.4 Å². The monoisotopic (exact) mass is 1930 g/mol. The smallest absolute Gasteiger partial charge is 0.726 e. The molecule has 0 bridgehead atoms. The molecular weight excluding hydrogens is 1890 g/mol. The average Bonchev–Trinajstić information content (AvgIpc) is 0.778. The minimum atomic E-state index is -5.83. The molecule has 0 radical (unpaired) electrons. The van der Waals surface area contributed by atoms with E-state index in [0.29, 0.717) is 5.57 Å². The van der Waals surface area contributed by atoms with Crippen LogP contribution in [0.25, 0.3) is 5.32 Å². The van der Waals surface area contributed by atoms with E-state index in [2.05, 4.69) is 47.0 Å². The van der Waals surface area contributed by atoms with Gasteiger partial charge in [-0.1, -0.05) is 18.3 Å². The summed E-state index contributed by atoms with van der Waals surface area (Å²) in [5.41, 5.74) is 0.300. The van der Waals surface area contributed by atoms with Crippen LogP contribution >= 0.6 is 0 Å². The maximum Gasteiger partial charge on any atom is 1.00 e. The zero-order valence-corrected chi connectivity index (χ0v) is 93.3. The van der Waals surface area contributed by atoms with E-state index >= 15 is 0 Å². The summed E-state index contributed by atoms with van der Waals surface area (Å²) in [6.07, 6.45) is -19.8. The predicted octanol–water partition coefficient (Wildman–Crippen LogP) is -49.3. The minimum absolute atomic E-state index is 0. The fraction of sp³-hybridized carbons (Fsp3) is 0.667. The van der Waals surface area contributed by atoms with Gasteiger partial charge in [0.2, 0.25) is 125 Å². The fourth-order valence-corrected chi connectivity index (χ4v) is 8.15. The third kappa shape index (κ3) is 115. The maximum absolute atomic E-state index is 11.8. The van der Waals surface area contributed by atoms with E-state index in [1.165, 1.54) is 26.3 Å². The Kier molecular flexibility index (Phi) is 104. The van der Waals surface area contributed by atoms with Crippen molar-refractivity contribution in [3.63, 3.8) is 0 Å². The van der Waals surface area contributed by atoms with Gasteiger partial charge in [-0.05, 0) is 20.0 Å². The van der Waals surface area contributed by atoms with E-state index in [1.807, 2.05) is 0 Å². The second kappa shape index (κ2) is 70.6. The van der Waals surface area contributed by atoms with Gasteiger partial charge in [-0.2, -0.15) is 0 Å². The van der Waals surface area contributed by atoms with Crippen LogP contribution in [-0.2, 0) is 174 Å². The molecule has 0 aromatic rings. The van der Waals surface area contributed by atoms with Crippen molar-refractivity contribution in [2.45, 2.75) is 106 Å². The Morgan fingerprint density at radius 3 is 0.963 bits per heavy atom. The van der Waals surface area contributed by atoms with Crippen molar-refractivity contribution >= 4 is 125 Å². The molecule has 4 rings (SSSR count). The molecule has 3 saturated heterocycles. The molecule has 570 valence electrons. The van der Waals surface area contributed by atoms with Gasteiger partial charge in [0.25, 0.3) is 0 Å². The summed E-state index contributed by atoms with van der Waals surface area (Å²) in [5.74, 6) is 0. The SMILES string of the molecule is O=S(=O)([O-])O.O=S(=O)([O-])O.O=S(=O)([O-])O.O=S(=O)([O-])O.O=S(=O)([O-])O.O=S(=O)([O-])O.O=S(=O)([O-])O.[CH2-]C1=C[C@H]([N-][C@H]2[CH-][C@@H](OS(=O)(=O)[O-])[C@@H](O[C@H]3[CH-][C@@H](OS(=O)(=O)[O-])[C@@H](O[C@H]4[C@H](OS(=O)(=O)[O-])[C@@H](OS(=O)(=O)[O-])[C@H](OCC)O[C@@H]4[CH2-])O[C@@H]3[CH2-])O[C@@H]2C)[C@H](OS(=O)(=O)[O-])[CH-][CH-]1.[Na+].[Na+].[Na+].[Na+].[Na+].[Na+].[Na+].[Na+].[Na+].[Na+].[Na+].[Na+].[Na+]. The molecule has 107 heavy (non-hydrogen) atoms. The molecule has 0 unspecified atom stereocenters. The van der Waals surface area contributed by atoms with Gasteiger partial charge < -0.3 is 153 Å². The summed E-state index contributed by atoms with van der Waals surface area (Å²) >= 11 is 0. The van der Waals surface area contributed by atoms with Gasteiger partial charge in [0.05, 0.1) is 6.10 Å². The molecule has 55 nitrogen and oxygen atoms in total. The summed E-state index contributed by atoms with van der Waals surface area (Å²) in [4.78, 5) is 0. The molecule has 0 amide bonds. The van der Waals surface area contributed by atoms with Crippen LogP contribution < -0.4 is 384 Å². The first-order chi connectivity index (χ1) is 40.9. The number of hydrogen-bond donors (Lipinski definition) is 7. The van der Waals surface area contributed by atoms with Crippen LogP contribution in [0, 0.1) is 46.5 Å². The molecule has 1 aliphatic carbocycles. The van der Waals surface area contributed by atoms with Gasteiger partial charge in [0, 0.05) is 24.9 Å². The summed E-state index contributed by atoms with van der Waals surface area (Å²) in [7, 11) is -62.6. The van der Waals surface area contributed by atoms with Gasteiger partial charge in [-0.25, -0.2) is 113 Å². The molecule has 0 spiro atoms. The second-order valence-corrected chi connectivity index (χ2v) is 26.4. The van der Waals surface area contributed by atoms with Crippen molar-refractivity contribution in [2.24, 2.45) is 0 Å². The summed E-state index contributed by atoms with van der Waals surface area (Å²) < 4.78 is 460. The molecule has 3 heterocycles. The molecule has 0 aromatic carbocycles. The zero-order chi connectivity index (χ0) is 76.0. The second-order valence-electron chi connectivity index (χ2n) is 15.4. The number of hydrogen-bond acceptors (Lipinski definition) is 47. The van der Waals surface area contributed by atoms with Crippen LogP contribution in [0.1, 0.15) is 13.8 Å². The molecule has 7 N–H and O–H groups in total. The standard InChI is InChI=1S/C27H39NO26S5.13Na.7H2O4S/c1-6-44-27-24(54-59(41,42)43)23(53-58(38,39)40)22(15(5)47-27)49-26-21(52-57(35,36)37)11-19(14(4)46-26)48-25-20(51-56(32,33)34)10-16(13(3)45-25)28-17-9-12(2)7-8-18(17)50-55(29,30)31;;;;;;;;;;;;;;7*1-5(2,3)4/h7-11,13-27H,2,4-6H2,1,3H3,(H,29,30,31)(H,32,33,34)(H,35,36,37)(H,38,39,40)(H,41,42,43);;;;;;;;;;;;;;7*(H2,1,2,3,4)/q-8;13*+1;;;;;;;/p-12/t13-,14-,15-,16+,17+,18-,19+,20-,21-,22-,23+,24-,25-,26-,27-;;;;;;;;;;;;;;;;;;;;/m1..................../s1. The van der Waals surface area contributed by atoms with Crippen molar-refractivity contribution in [1.82, 2.24) is 0 Å². The first-order valence-electron chi connectivity index (χ1n) is 21.1. The van der Waals surface area contributed by atoms with Gasteiger partial charge >= 0.3 is 384 Å². The van der Waals surface area contributed by atoms with E-state index in [-0.39, 0.29) is 391 Å². The Balaban J connectivity index is -0.0000000940. The Hall–Kier alpha value is 10.6. The maximum atomic E-state index is 11.8. The Bertz CT molecular complexity index is 3510. The molecule has 3 fully saturated rings. The van der Waals surface area contributed by atoms with Crippen LogP contribution in [-0.4, -0.2) is 286 Å². The number of rotatable bonds is 18. The van der Waals surface area contributed by atoms with Crippen molar-refractivity contribution < 1.29 is 621 Å². The zero-order valence-electron chi connectivity index (χ0n) is 57.5. The van der Waals surface area contributed by atoms with E-state index < -0.39 is 217 Å². The third-order valence-corrected chi connectivity index (χ3v) is 10.3.